The molecule has 0 spiro atoms. The number of H-pyrrole nitrogens is 1. The fourth-order valence-electron chi connectivity index (χ4n) is 6.56. The molecule has 2 aromatic carbocycles. The summed E-state index contributed by atoms with van der Waals surface area (Å²) in [5, 5.41) is 15.8. The highest BCUT2D eigenvalue weighted by atomic mass is 16.6. The monoisotopic (exact) mass is 646 g/mol. The van der Waals surface area contributed by atoms with Crippen LogP contribution in [0.15, 0.2) is 48.7 Å². The second-order valence-corrected chi connectivity index (χ2v) is 13.2. The summed E-state index contributed by atoms with van der Waals surface area (Å²) in [6, 6.07) is 12.0. The molecule has 0 bridgehead atoms. The lowest BCUT2D eigenvalue weighted by molar-refractivity contribution is -0.159. The summed E-state index contributed by atoms with van der Waals surface area (Å²) in [6.45, 7) is 5.34. The van der Waals surface area contributed by atoms with Gasteiger partial charge in [-0.15, -0.1) is 0 Å². The van der Waals surface area contributed by atoms with E-state index in [9.17, 15) is 24.3 Å². The Bertz CT molecular complexity index is 1510. The summed E-state index contributed by atoms with van der Waals surface area (Å²) in [5.74, 6) is -1.77. The number of nitrogens with two attached hydrogens (primary N) is 1. The molecule has 1 aliphatic rings. The van der Waals surface area contributed by atoms with Crippen molar-refractivity contribution >= 4 is 34.2 Å². The van der Waals surface area contributed by atoms with Crippen LogP contribution in [-0.2, 0) is 32.0 Å². The maximum absolute atomic E-state index is 13.8. The number of rotatable bonds is 17. The third kappa shape index (κ3) is 10.3. The van der Waals surface area contributed by atoms with Gasteiger partial charge < -0.3 is 25.9 Å². The summed E-state index contributed by atoms with van der Waals surface area (Å²) in [6.07, 6.45) is 6.97. The third-order valence-electron chi connectivity index (χ3n) is 8.96. The lowest BCUT2D eigenvalue weighted by Crippen LogP contribution is -2.53. The standard InChI is InChI=1S/C37H50N4O6/c1-4-11-29(42)20-27(19-26-16-10-15-25-14-8-9-17-30(25)26)33(43)35-39-22-28(40-35)21-31(38)36(45)41-32(18-24-12-6-5-7-13-24)34(44)37(46)47-23(2)3/h8-10,14-17,22-24,27,31-32,34,44H,4-7,11-13,18-21,38H2,1-3H3,(H,39,40)(H,41,45)/t27?,31-,32-,34?/m0/s1. The van der Waals surface area contributed by atoms with E-state index in [1.807, 2.05) is 49.4 Å². The van der Waals surface area contributed by atoms with Crippen LogP contribution in [0.3, 0.4) is 0 Å². The van der Waals surface area contributed by atoms with Crippen LogP contribution < -0.4 is 11.1 Å². The number of benzene rings is 2. The molecule has 47 heavy (non-hydrogen) atoms. The number of imidazole rings is 1. The topological polar surface area (TPSA) is 164 Å². The first kappa shape index (κ1) is 36.0. The second-order valence-electron chi connectivity index (χ2n) is 13.2. The number of aliphatic hydroxyl groups is 1. The van der Waals surface area contributed by atoms with Crippen LogP contribution in [0.25, 0.3) is 10.8 Å². The highest BCUT2D eigenvalue weighted by Crippen LogP contribution is 2.29. The van der Waals surface area contributed by atoms with Gasteiger partial charge in [0.1, 0.15) is 5.78 Å². The fourth-order valence-corrected chi connectivity index (χ4v) is 6.56. The van der Waals surface area contributed by atoms with E-state index in [1.165, 1.54) is 0 Å². The van der Waals surface area contributed by atoms with Crippen LogP contribution in [0.2, 0.25) is 0 Å². The van der Waals surface area contributed by atoms with Gasteiger partial charge in [-0.3, -0.25) is 14.4 Å². The van der Waals surface area contributed by atoms with Crippen LogP contribution in [0, 0.1) is 11.8 Å². The van der Waals surface area contributed by atoms with Crippen LogP contribution in [0.4, 0.5) is 0 Å². The average molecular weight is 647 g/mol. The molecule has 4 atom stereocenters. The lowest BCUT2D eigenvalue weighted by atomic mass is 9.83. The van der Waals surface area contributed by atoms with Crippen molar-refractivity contribution in [1.82, 2.24) is 15.3 Å². The number of ketones is 2. The smallest absolute Gasteiger partial charge is 0.337 e. The molecular weight excluding hydrogens is 596 g/mol. The quantitative estimate of drug-likeness (QED) is 0.118. The van der Waals surface area contributed by atoms with E-state index in [0.29, 0.717) is 31.4 Å². The number of nitrogens with one attached hydrogen (secondary N) is 2. The van der Waals surface area contributed by atoms with E-state index in [0.717, 1.165) is 48.4 Å². The number of nitrogens with zero attached hydrogens (tertiary/aromatic N) is 1. The summed E-state index contributed by atoms with van der Waals surface area (Å²) in [7, 11) is 0. The van der Waals surface area contributed by atoms with Gasteiger partial charge in [-0.2, -0.15) is 0 Å². The van der Waals surface area contributed by atoms with Gasteiger partial charge in [0.25, 0.3) is 0 Å². The molecule has 1 fully saturated rings. The first-order chi connectivity index (χ1) is 22.5. The Morgan fingerprint density at radius 1 is 1.04 bits per heavy atom. The van der Waals surface area contributed by atoms with E-state index < -0.39 is 42.1 Å². The Kier molecular flexibility index (Phi) is 13.2. The van der Waals surface area contributed by atoms with Gasteiger partial charge in [-0.1, -0.05) is 81.5 Å². The minimum absolute atomic E-state index is 0.0267. The number of hydrogen-bond donors (Lipinski definition) is 4. The largest absolute Gasteiger partial charge is 0.461 e. The Morgan fingerprint density at radius 2 is 1.77 bits per heavy atom. The van der Waals surface area contributed by atoms with Crippen LogP contribution >= 0.6 is 0 Å². The molecule has 254 valence electrons. The first-order valence-electron chi connectivity index (χ1n) is 17.1. The van der Waals surface area contributed by atoms with E-state index >= 15 is 0 Å². The Balaban J connectivity index is 1.45. The number of aromatic nitrogens is 2. The van der Waals surface area contributed by atoms with E-state index in [1.54, 1.807) is 20.0 Å². The Labute approximate surface area is 277 Å². The molecule has 3 aromatic rings. The maximum atomic E-state index is 13.8. The molecule has 2 unspecified atom stereocenters. The van der Waals surface area contributed by atoms with Crippen molar-refractivity contribution < 1.29 is 29.0 Å². The molecule has 0 aliphatic heterocycles. The number of ether oxygens (including phenoxy) is 1. The number of Topliss-reactive ketones (excluding diaryl/α,β-unsaturated/α-hetero) is 2. The Morgan fingerprint density at radius 3 is 2.49 bits per heavy atom. The number of amides is 1. The zero-order chi connectivity index (χ0) is 33.9. The van der Waals surface area contributed by atoms with Crippen molar-refractivity contribution in [2.75, 3.05) is 0 Å². The van der Waals surface area contributed by atoms with Crippen molar-refractivity contribution in [3.05, 3.63) is 65.7 Å². The molecular formula is C37H50N4O6. The molecule has 1 amide bonds. The zero-order valence-electron chi connectivity index (χ0n) is 27.9. The second kappa shape index (κ2) is 17.3. The van der Waals surface area contributed by atoms with Crippen molar-refractivity contribution in [3.63, 3.8) is 0 Å². The highest BCUT2D eigenvalue weighted by molar-refractivity contribution is 5.98. The van der Waals surface area contributed by atoms with Crippen LogP contribution in [0.1, 0.15) is 100 Å². The molecule has 5 N–H and O–H groups in total. The molecule has 0 saturated heterocycles. The highest BCUT2D eigenvalue weighted by Gasteiger charge is 2.33. The van der Waals surface area contributed by atoms with Gasteiger partial charge in [0.2, 0.25) is 11.7 Å². The summed E-state index contributed by atoms with van der Waals surface area (Å²) >= 11 is 0. The summed E-state index contributed by atoms with van der Waals surface area (Å²) < 4.78 is 5.22. The molecule has 0 radical (unpaired) electrons. The number of carbonyl (C=O) groups excluding carboxylic acids is 4. The van der Waals surface area contributed by atoms with Gasteiger partial charge in [0, 0.05) is 31.4 Å². The van der Waals surface area contributed by atoms with Crippen molar-refractivity contribution in [2.24, 2.45) is 17.6 Å². The molecule has 1 saturated carbocycles. The van der Waals surface area contributed by atoms with Gasteiger partial charge >= 0.3 is 5.97 Å². The van der Waals surface area contributed by atoms with Crippen molar-refractivity contribution in [2.45, 2.75) is 116 Å². The number of esters is 1. The summed E-state index contributed by atoms with van der Waals surface area (Å²) in [4.78, 5) is 59.7. The third-order valence-corrected chi connectivity index (χ3v) is 8.96. The SMILES string of the molecule is CCCC(=O)CC(Cc1cccc2ccccc12)C(=O)c1nc(C[C@H](N)C(=O)N[C@@H](CC2CCCCC2)C(O)C(=O)OC(C)C)c[nH]1. The van der Waals surface area contributed by atoms with E-state index in [-0.39, 0.29) is 36.2 Å². The predicted octanol–water partition coefficient (Wildman–Crippen LogP) is 5.00. The van der Waals surface area contributed by atoms with Crippen LogP contribution in [0.5, 0.6) is 0 Å². The minimum atomic E-state index is -1.51. The molecule has 1 aliphatic carbocycles. The molecule has 10 nitrogen and oxygen atoms in total. The molecule has 4 rings (SSSR count). The van der Waals surface area contributed by atoms with Gasteiger partial charge in [0.15, 0.2) is 11.9 Å². The lowest BCUT2D eigenvalue weighted by Gasteiger charge is -2.30. The Hall–Kier alpha value is -3.89. The number of aromatic amines is 1. The molecule has 1 aromatic heterocycles. The van der Waals surface area contributed by atoms with Gasteiger partial charge in [0.05, 0.1) is 23.9 Å². The normalized spacial score (nSPS) is 16.4. The number of carbonyl (C=O) groups is 4. The molecule has 1 heterocycles. The molecule has 10 heteroatoms. The predicted molar refractivity (Wildman–Crippen MR) is 181 cm³/mol. The first-order valence-corrected chi connectivity index (χ1v) is 17.1. The number of fused-ring (bicyclic) bond motifs is 1. The number of hydrogen-bond acceptors (Lipinski definition) is 8. The maximum Gasteiger partial charge on any atom is 0.337 e. The van der Waals surface area contributed by atoms with Gasteiger partial charge in [-0.25, -0.2) is 9.78 Å². The average Bonchev–Trinajstić information content (AvgIpc) is 3.52. The van der Waals surface area contributed by atoms with Crippen LogP contribution in [-0.4, -0.2) is 62.8 Å². The van der Waals surface area contributed by atoms with E-state index in [2.05, 4.69) is 15.3 Å². The van der Waals surface area contributed by atoms with Gasteiger partial charge in [-0.05, 0) is 55.4 Å². The number of aliphatic hydroxyl groups excluding tert-OH is 1. The zero-order valence-corrected chi connectivity index (χ0v) is 27.9. The van der Waals surface area contributed by atoms with Crippen molar-refractivity contribution in [3.8, 4) is 0 Å². The van der Waals surface area contributed by atoms with E-state index in [4.69, 9.17) is 10.5 Å². The van der Waals surface area contributed by atoms with Crippen molar-refractivity contribution in [1.29, 1.82) is 0 Å². The minimum Gasteiger partial charge on any atom is -0.461 e. The summed E-state index contributed by atoms with van der Waals surface area (Å²) in [5.41, 5.74) is 7.70. The fraction of sp³-hybridized carbons (Fsp3) is 0.541.